The summed E-state index contributed by atoms with van der Waals surface area (Å²) in [5, 5.41) is 20.6. The lowest BCUT2D eigenvalue weighted by Gasteiger charge is -2.22. The van der Waals surface area contributed by atoms with E-state index in [9.17, 15) is 19.8 Å². The number of methoxy groups -OCH3 is 1. The predicted octanol–water partition coefficient (Wildman–Crippen LogP) is 3.73. The number of ether oxygens (including phenoxy) is 1. The molecule has 0 bridgehead atoms. The molecule has 0 saturated heterocycles. The Morgan fingerprint density at radius 3 is 2.70 bits per heavy atom. The number of ketones is 1. The van der Waals surface area contributed by atoms with Crippen molar-refractivity contribution >= 4 is 11.8 Å². The standard InChI is InChI=1S/C22H36O5/c1-4-5-14-22(2,26)15-10-12-18-17(19(23)16-20(18)24)11-8-6-7-9-13-21(25)27-3/h6,8,10,12,17-18,20,24,26H,4-5,7,9,11,13-16H2,1-3H3/b8-6-,12-10?/t17-,18-,20-,22?/m1/s1. The van der Waals surface area contributed by atoms with Crippen molar-refractivity contribution in [3.8, 4) is 0 Å². The van der Waals surface area contributed by atoms with E-state index in [-0.39, 0.29) is 30.0 Å². The summed E-state index contributed by atoms with van der Waals surface area (Å²) in [6, 6.07) is 0. The fraction of sp³-hybridized carbons (Fsp3) is 0.727. The molecule has 0 spiro atoms. The van der Waals surface area contributed by atoms with E-state index in [2.05, 4.69) is 11.7 Å². The molecule has 4 atom stereocenters. The van der Waals surface area contributed by atoms with Crippen LogP contribution in [0.25, 0.3) is 0 Å². The number of allylic oxidation sites excluding steroid dienone is 2. The van der Waals surface area contributed by atoms with Crippen LogP contribution in [0.3, 0.4) is 0 Å². The van der Waals surface area contributed by atoms with Crippen LogP contribution in [0.5, 0.6) is 0 Å². The van der Waals surface area contributed by atoms with Gasteiger partial charge in [-0.2, -0.15) is 0 Å². The highest BCUT2D eigenvalue weighted by atomic mass is 16.5. The number of aliphatic hydroxyl groups excluding tert-OH is 1. The third kappa shape index (κ3) is 8.85. The molecule has 0 aromatic heterocycles. The van der Waals surface area contributed by atoms with Gasteiger partial charge in [0.1, 0.15) is 5.78 Å². The van der Waals surface area contributed by atoms with E-state index in [0.717, 1.165) is 32.1 Å². The summed E-state index contributed by atoms with van der Waals surface area (Å²) >= 11 is 0. The van der Waals surface area contributed by atoms with Gasteiger partial charge in [0.05, 0.1) is 18.8 Å². The Hall–Kier alpha value is -1.46. The molecule has 1 rings (SSSR count). The summed E-state index contributed by atoms with van der Waals surface area (Å²) in [4.78, 5) is 23.3. The summed E-state index contributed by atoms with van der Waals surface area (Å²) in [7, 11) is 1.38. The molecule has 5 nitrogen and oxygen atoms in total. The smallest absolute Gasteiger partial charge is 0.305 e. The quantitative estimate of drug-likeness (QED) is 0.306. The number of rotatable bonds is 12. The van der Waals surface area contributed by atoms with Gasteiger partial charge in [0.25, 0.3) is 0 Å². The van der Waals surface area contributed by atoms with E-state index in [1.807, 2.05) is 31.2 Å². The van der Waals surface area contributed by atoms with E-state index < -0.39 is 11.7 Å². The summed E-state index contributed by atoms with van der Waals surface area (Å²) in [6.07, 6.45) is 13.1. The van der Waals surface area contributed by atoms with Gasteiger partial charge in [-0.05, 0) is 39.0 Å². The molecular weight excluding hydrogens is 344 g/mol. The lowest BCUT2D eigenvalue weighted by molar-refractivity contribution is -0.140. The molecule has 1 unspecified atom stereocenters. The van der Waals surface area contributed by atoms with E-state index >= 15 is 0 Å². The van der Waals surface area contributed by atoms with Gasteiger partial charge < -0.3 is 14.9 Å². The summed E-state index contributed by atoms with van der Waals surface area (Å²) in [6.45, 7) is 3.93. The maximum atomic E-state index is 12.2. The summed E-state index contributed by atoms with van der Waals surface area (Å²) in [5.74, 6) is -0.528. The molecule has 0 amide bonds. The Balaban J connectivity index is 2.51. The van der Waals surface area contributed by atoms with Crippen molar-refractivity contribution in [2.75, 3.05) is 7.11 Å². The number of carbonyl (C=O) groups excluding carboxylic acids is 2. The molecule has 1 aliphatic rings. The van der Waals surface area contributed by atoms with Crippen LogP contribution < -0.4 is 0 Å². The molecule has 1 aliphatic carbocycles. The second kappa shape index (κ2) is 12.1. The van der Waals surface area contributed by atoms with E-state index in [4.69, 9.17) is 0 Å². The maximum absolute atomic E-state index is 12.2. The van der Waals surface area contributed by atoms with E-state index in [1.54, 1.807) is 0 Å². The normalized spacial score (nSPS) is 25.4. The van der Waals surface area contributed by atoms with Crippen molar-refractivity contribution in [2.24, 2.45) is 11.8 Å². The number of aliphatic hydroxyl groups is 2. The van der Waals surface area contributed by atoms with Crippen molar-refractivity contribution < 1.29 is 24.5 Å². The number of esters is 1. The number of carbonyl (C=O) groups is 2. The van der Waals surface area contributed by atoms with Crippen molar-refractivity contribution in [3.05, 3.63) is 24.3 Å². The fourth-order valence-electron chi connectivity index (χ4n) is 3.49. The number of Topliss-reactive ketones (excluding diaryl/α,β-unsaturated/α-hetero) is 1. The predicted molar refractivity (Wildman–Crippen MR) is 106 cm³/mol. The van der Waals surface area contributed by atoms with Gasteiger partial charge in [-0.1, -0.05) is 44.1 Å². The molecule has 1 fully saturated rings. The number of hydrogen-bond acceptors (Lipinski definition) is 5. The molecular formula is C22H36O5. The highest BCUT2D eigenvalue weighted by molar-refractivity contribution is 5.84. The SMILES string of the molecule is CCCCC(C)(O)CC=C[C@H]1[C@H](O)CC(=O)[C@@H]1C/C=C\CCCC(=O)OC. The van der Waals surface area contributed by atoms with Gasteiger partial charge >= 0.3 is 5.97 Å². The molecule has 0 heterocycles. The summed E-state index contributed by atoms with van der Waals surface area (Å²) in [5.41, 5.74) is -0.741. The Kier molecular flexibility index (Phi) is 10.6. The van der Waals surface area contributed by atoms with Gasteiger partial charge in [-0.25, -0.2) is 0 Å². The zero-order valence-electron chi connectivity index (χ0n) is 17.0. The lowest BCUT2D eigenvalue weighted by Crippen LogP contribution is -2.23. The first-order valence-electron chi connectivity index (χ1n) is 10.1. The Bertz CT molecular complexity index is 521. The van der Waals surface area contributed by atoms with Crippen LogP contribution in [0.1, 0.15) is 71.6 Å². The molecule has 27 heavy (non-hydrogen) atoms. The van der Waals surface area contributed by atoms with E-state index in [1.165, 1.54) is 7.11 Å². The van der Waals surface area contributed by atoms with Gasteiger partial charge in [-0.15, -0.1) is 0 Å². The second-order valence-electron chi connectivity index (χ2n) is 7.83. The van der Waals surface area contributed by atoms with E-state index in [0.29, 0.717) is 19.3 Å². The van der Waals surface area contributed by atoms with Crippen molar-refractivity contribution in [3.63, 3.8) is 0 Å². The molecule has 0 aliphatic heterocycles. The molecule has 0 radical (unpaired) electrons. The molecule has 0 aromatic rings. The Morgan fingerprint density at radius 1 is 1.30 bits per heavy atom. The molecule has 2 N–H and O–H groups in total. The zero-order chi connectivity index (χ0) is 20.3. The first-order valence-corrected chi connectivity index (χ1v) is 10.1. The van der Waals surface area contributed by atoms with Crippen molar-refractivity contribution in [2.45, 2.75) is 83.3 Å². The highest BCUT2D eigenvalue weighted by Gasteiger charge is 2.39. The van der Waals surface area contributed by atoms with Crippen LogP contribution in [0.4, 0.5) is 0 Å². The van der Waals surface area contributed by atoms with Crippen LogP contribution >= 0.6 is 0 Å². The third-order valence-electron chi connectivity index (χ3n) is 5.25. The molecule has 154 valence electrons. The molecule has 0 aromatic carbocycles. The van der Waals surface area contributed by atoms with Crippen LogP contribution in [-0.2, 0) is 14.3 Å². The zero-order valence-corrected chi connectivity index (χ0v) is 17.0. The van der Waals surface area contributed by atoms with Gasteiger partial charge in [-0.3, -0.25) is 9.59 Å². The Morgan fingerprint density at radius 2 is 2.04 bits per heavy atom. The van der Waals surface area contributed by atoms with Gasteiger partial charge in [0.2, 0.25) is 0 Å². The third-order valence-corrected chi connectivity index (χ3v) is 5.25. The minimum Gasteiger partial charge on any atom is -0.469 e. The minimum absolute atomic E-state index is 0.0918. The molecule has 1 saturated carbocycles. The monoisotopic (exact) mass is 380 g/mol. The summed E-state index contributed by atoms with van der Waals surface area (Å²) < 4.78 is 4.60. The number of hydrogen-bond donors (Lipinski definition) is 2. The fourth-order valence-corrected chi connectivity index (χ4v) is 3.49. The lowest BCUT2D eigenvalue weighted by atomic mass is 9.89. The molecule has 5 heteroatoms. The topological polar surface area (TPSA) is 83.8 Å². The maximum Gasteiger partial charge on any atom is 0.305 e. The van der Waals surface area contributed by atoms with Gasteiger partial charge in [0.15, 0.2) is 0 Å². The Labute approximate surface area is 163 Å². The number of unbranched alkanes of at least 4 members (excludes halogenated alkanes) is 2. The first kappa shape index (κ1) is 23.6. The minimum atomic E-state index is -0.741. The van der Waals surface area contributed by atoms with Crippen molar-refractivity contribution in [1.82, 2.24) is 0 Å². The van der Waals surface area contributed by atoms with Crippen LogP contribution in [-0.4, -0.2) is 40.8 Å². The average molecular weight is 381 g/mol. The average Bonchev–Trinajstić information content (AvgIpc) is 2.89. The van der Waals surface area contributed by atoms with Crippen LogP contribution in [0.2, 0.25) is 0 Å². The largest absolute Gasteiger partial charge is 0.469 e. The highest BCUT2D eigenvalue weighted by Crippen LogP contribution is 2.33. The van der Waals surface area contributed by atoms with Gasteiger partial charge in [0, 0.05) is 24.7 Å². The van der Waals surface area contributed by atoms with Crippen molar-refractivity contribution in [1.29, 1.82) is 0 Å². The second-order valence-corrected chi connectivity index (χ2v) is 7.83. The van der Waals surface area contributed by atoms with Crippen LogP contribution in [0, 0.1) is 11.8 Å². The first-order chi connectivity index (χ1) is 12.8. The van der Waals surface area contributed by atoms with Crippen LogP contribution in [0.15, 0.2) is 24.3 Å².